The Morgan fingerprint density at radius 2 is 2.00 bits per heavy atom. The number of carbonyl (C=O) groups excluding carboxylic acids is 2. The van der Waals surface area contributed by atoms with E-state index in [-0.39, 0.29) is 17.8 Å². The molecule has 2 aromatic heterocycles. The summed E-state index contributed by atoms with van der Waals surface area (Å²) in [6.07, 6.45) is 2.33. The molecule has 7 heteroatoms. The van der Waals surface area contributed by atoms with Gasteiger partial charge in [-0.05, 0) is 24.3 Å². The number of rotatable bonds is 3. The molecular weight excluding hydrogens is 318 g/mol. The molecule has 4 rings (SSSR count). The summed E-state index contributed by atoms with van der Waals surface area (Å²) in [5.74, 6) is -0.151. The maximum Gasteiger partial charge on any atom is 0.258 e. The van der Waals surface area contributed by atoms with Crippen LogP contribution in [0.2, 0.25) is 0 Å². The van der Waals surface area contributed by atoms with E-state index in [9.17, 15) is 9.59 Å². The van der Waals surface area contributed by atoms with Gasteiger partial charge in [-0.1, -0.05) is 18.2 Å². The number of H-pyrrole nitrogens is 1. The Kier molecular flexibility index (Phi) is 3.74. The Bertz CT molecular complexity index is 949. The van der Waals surface area contributed by atoms with E-state index >= 15 is 0 Å². The number of hydrogen-bond donors (Lipinski definition) is 3. The van der Waals surface area contributed by atoms with Gasteiger partial charge in [-0.15, -0.1) is 0 Å². The van der Waals surface area contributed by atoms with E-state index < -0.39 is 0 Å². The van der Waals surface area contributed by atoms with Gasteiger partial charge in [-0.3, -0.25) is 14.9 Å². The van der Waals surface area contributed by atoms with Gasteiger partial charge >= 0.3 is 0 Å². The number of nitrogens with one attached hydrogen (secondary N) is 3. The standard InChI is InChI=1S/C18H15N5O2/c24-16(11-4-2-1-3-5-11)23-18-20-9-7-14(22-18)15-10-12-13(21-15)6-8-19-17(12)25/h1-5,7,9-10,21H,6,8H2,(H,19,25)(H,20,22,23,24). The van der Waals surface area contributed by atoms with Gasteiger partial charge in [0, 0.05) is 30.4 Å². The Morgan fingerprint density at radius 1 is 1.16 bits per heavy atom. The lowest BCUT2D eigenvalue weighted by Gasteiger charge is -2.10. The van der Waals surface area contributed by atoms with Crippen molar-refractivity contribution in [3.63, 3.8) is 0 Å². The molecule has 0 radical (unpaired) electrons. The summed E-state index contributed by atoms with van der Waals surface area (Å²) in [5.41, 5.74) is 3.39. The number of benzene rings is 1. The van der Waals surface area contributed by atoms with Crippen LogP contribution in [0.15, 0.2) is 48.7 Å². The van der Waals surface area contributed by atoms with Crippen LogP contribution < -0.4 is 10.6 Å². The molecule has 124 valence electrons. The summed E-state index contributed by atoms with van der Waals surface area (Å²) in [6.45, 7) is 0.619. The fourth-order valence-corrected chi connectivity index (χ4v) is 2.76. The number of fused-ring (bicyclic) bond motifs is 1. The van der Waals surface area contributed by atoms with E-state index in [1.54, 1.807) is 42.6 Å². The lowest BCUT2D eigenvalue weighted by molar-refractivity contribution is 0.0945. The summed E-state index contributed by atoms with van der Waals surface area (Å²) in [7, 11) is 0. The average Bonchev–Trinajstić information content (AvgIpc) is 3.08. The van der Waals surface area contributed by atoms with Gasteiger partial charge in [-0.2, -0.15) is 0 Å². The molecule has 0 saturated heterocycles. The largest absolute Gasteiger partial charge is 0.356 e. The van der Waals surface area contributed by atoms with Crippen molar-refractivity contribution in [1.82, 2.24) is 20.3 Å². The van der Waals surface area contributed by atoms with Crippen LogP contribution in [-0.4, -0.2) is 33.3 Å². The molecule has 25 heavy (non-hydrogen) atoms. The van der Waals surface area contributed by atoms with Crippen molar-refractivity contribution in [1.29, 1.82) is 0 Å². The van der Waals surface area contributed by atoms with Crippen molar-refractivity contribution in [2.45, 2.75) is 6.42 Å². The summed E-state index contributed by atoms with van der Waals surface area (Å²) < 4.78 is 0. The van der Waals surface area contributed by atoms with Gasteiger partial charge in [0.2, 0.25) is 5.95 Å². The summed E-state index contributed by atoms with van der Waals surface area (Å²) in [6, 6.07) is 12.4. The molecule has 3 N–H and O–H groups in total. The molecule has 0 spiro atoms. The molecule has 7 nitrogen and oxygen atoms in total. The van der Waals surface area contributed by atoms with Crippen LogP contribution in [0.5, 0.6) is 0 Å². The minimum atomic E-state index is -0.275. The number of aromatic amines is 1. The fraction of sp³-hybridized carbons (Fsp3) is 0.111. The third kappa shape index (κ3) is 2.99. The number of nitrogens with zero attached hydrogens (tertiary/aromatic N) is 2. The first-order chi connectivity index (χ1) is 12.2. The van der Waals surface area contributed by atoms with Crippen LogP contribution >= 0.6 is 0 Å². The number of anilines is 1. The third-order valence-electron chi connectivity index (χ3n) is 4.00. The van der Waals surface area contributed by atoms with Crippen molar-refractivity contribution in [3.05, 3.63) is 65.5 Å². The molecule has 0 atom stereocenters. The van der Waals surface area contributed by atoms with Crippen LogP contribution in [0.25, 0.3) is 11.4 Å². The molecule has 2 amide bonds. The van der Waals surface area contributed by atoms with Crippen molar-refractivity contribution >= 4 is 17.8 Å². The Hall–Kier alpha value is -3.48. The number of hydrogen-bond acceptors (Lipinski definition) is 4. The molecule has 0 unspecified atom stereocenters. The first-order valence-corrected chi connectivity index (χ1v) is 7.90. The molecule has 1 aliphatic rings. The highest BCUT2D eigenvalue weighted by Gasteiger charge is 2.20. The average molecular weight is 333 g/mol. The Balaban J connectivity index is 1.60. The predicted octanol–water partition coefficient (Wildman–Crippen LogP) is 2.01. The first kappa shape index (κ1) is 15.1. The van der Waals surface area contributed by atoms with Gasteiger partial charge in [0.1, 0.15) is 0 Å². The maximum absolute atomic E-state index is 12.2. The van der Waals surface area contributed by atoms with Crippen LogP contribution in [0.4, 0.5) is 5.95 Å². The number of aromatic nitrogens is 3. The fourth-order valence-electron chi connectivity index (χ4n) is 2.76. The molecule has 3 heterocycles. The highest BCUT2D eigenvalue weighted by Crippen LogP contribution is 2.23. The molecule has 0 saturated carbocycles. The second kappa shape index (κ2) is 6.20. The molecule has 1 aliphatic heterocycles. The lowest BCUT2D eigenvalue weighted by Crippen LogP contribution is -2.31. The smallest absolute Gasteiger partial charge is 0.258 e. The third-order valence-corrected chi connectivity index (χ3v) is 4.00. The zero-order chi connectivity index (χ0) is 17.2. The van der Waals surface area contributed by atoms with Crippen molar-refractivity contribution in [2.24, 2.45) is 0 Å². The summed E-state index contributed by atoms with van der Waals surface area (Å²) in [4.78, 5) is 35.8. The van der Waals surface area contributed by atoms with E-state index in [2.05, 4.69) is 25.6 Å². The molecule has 0 aliphatic carbocycles. The second-order valence-electron chi connectivity index (χ2n) is 5.67. The molecular formula is C18H15N5O2. The number of carbonyl (C=O) groups is 2. The van der Waals surface area contributed by atoms with Crippen molar-refractivity contribution < 1.29 is 9.59 Å². The van der Waals surface area contributed by atoms with Crippen LogP contribution in [0.3, 0.4) is 0 Å². The molecule has 0 fully saturated rings. The van der Waals surface area contributed by atoms with E-state index in [1.165, 1.54) is 0 Å². The maximum atomic E-state index is 12.2. The van der Waals surface area contributed by atoms with E-state index in [1.807, 2.05) is 6.07 Å². The van der Waals surface area contributed by atoms with E-state index in [0.717, 1.165) is 17.8 Å². The van der Waals surface area contributed by atoms with E-state index in [4.69, 9.17) is 0 Å². The summed E-state index contributed by atoms with van der Waals surface area (Å²) >= 11 is 0. The quantitative estimate of drug-likeness (QED) is 0.682. The van der Waals surface area contributed by atoms with Gasteiger partial charge in [0.05, 0.1) is 17.0 Å². The Labute approximate surface area is 143 Å². The van der Waals surface area contributed by atoms with Gasteiger partial charge in [0.15, 0.2) is 0 Å². The zero-order valence-electron chi connectivity index (χ0n) is 13.2. The van der Waals surface area contributed by atoms with Gasteiger partial charge in [-0.25, -0.2) is 9.97 Å². The summed E-state index contributed by atoms with van der Waals surface area (Å²) in [5, 5.41) is 5.49. The van der Waals surface area contributed by atoms with Crippen LogP contribution in [-0.2, 0) is 6.42 Å². The topological polar surface area (TPSA) is 99.8 Å². The molecule has 3 aromatic rings. The second-order valence-corrected chi connectivity index (χ2v) is 5.67. The SMILES string of the molecule is O=C(Nc1nccc(-c2cc3c([nH]2)CCNC3=O)n1)c1ccccc1. The van der Waals surface area contributed by atoms with Crippen LogP contribution in [0, 0.1) is 0 Å². The lowest BCUT2D eigenvalue weighted by atomic mass is 10.1. The zero-order valence-corrected chi connectivity index (χ0v) is 13.2. The van der Waals surface area contributed by atoms with Crippen molar-refractivity contribution in [3.8, 4) is 11.4 Å². The van der Waals surface area contributed by atoms with Gasteiger partial charge < -0.3 is 10.3 Å². The van der Waals surface area contributed by atoms with Crippen LogP contribution in [0.1, 0.15) is 26.4 Å². The minimum absolute atomic E-state index is 0.0876. The predicted molar refractivity (Wildman–Crippen MR) is 92.3 cm³/mol. The first-order valence-electron chi connectivity index (χ1n) is 7.90. The number of amides is 2. The molecule has 0 bridgehead atoms. The van der Waals surface area contributed by atoms with Gasteiger partial charge in [0.25, 0.3) is 11.8 Å². The van der Waals surface area contributed by atoms with E-state index in [0.29, 0.717) is 23.4 Å². The highest BCUT2D eigenvalue weighted by atomic mass is 16.2. The normalized spacial score (nSPS) is 13.0. The minimum Gasteiger partial charge on any atom is -0.356 e. The monoisotopic (exact) mass is 333 g/mol. The Morgan fingerprint density at radius 3 is 2.80 bits per heavy atom. The van der Waals surface area contributed by atoms with Crippen molar-refractivity contribution in [2.75, 3.05) is 11.9 Å². The highest BCUT2D eigenvalue weighted by molar-refractivity contribution is 6.03. The molecule has 1 aromatic carbocycles.